The first-order valence-electron chi connectivity index (χ1n) is 9.87. The van der Waals surface area contributed by atoms with E-state index in [-0.39, 0.29) is 40.9 Å². The van der Waals surface area contributed by atoms with Crippen molar-refractivity contribution in [2.24, 2.45) is 35.0 Å². The fraction of sp³-hybridized carbons (Fsp3) is 0.667. The van der Waals surface area contributed by atoms with Gasteiger partial charge >= 0.3 is 5.97 Å². The maximum Gasteiger partial charge on any atom is 0.310 e. The summed E-state index contributed by atoms with van der Waals surface area (Å²) in [6.07, 6.45) is 5.70. The van der Waals surface area contributed by atoms with Gasteiger partial charge in [-0.05, 0) is 55.6 Å². The molecule has 8 atom stereocenters. The summed E-state index contributed by atoms with van der Waals surface area (Å²) in [7, 11) is 0. The number of fused-ring (bicyclic) bond motifs is 2. The predicted molar refractivity (Wildman–Crippen MR) is 89.8 cm³/mol. The molecule has 6 aliphatic rings. The lowest BCUT2D eigenvalue weighted by atomic mass is 9.48. The van der Waals surface area contributed by atoms with E-state index in [4.69, 9.17) is 9.47 Å². The van der Waals surface area contributed by atoms with Crippen LogP contribution in [-0.2, 0) is 23.9 Å². The lowest BCUT2D eigenvalue weighted by molar-refractivity contribution is -0.143. The van der Waals surface area contributed by atoms with Gasteiger partial charge in [0.2, 0.25) is 0 Å². The molecule has 5 heteroatoms. The summed E-state index contributed by atoms with van der Waals surface area (Å²) in [6, 6.07) is 0. The number of ketones is 2. The van der Waals surface area contributed by atoms with Crippen molar-refractivity contribution >= 4 is 17.5 Å². The minimum Gasteiger partial charge on any atom is -0.457 e. The van der Waals surface area contributed by atoms with E-state index in [1.807, 2.05) is 0 Å². The Morgan fingerprint density at radius 3 is 2.62 bits per heavy atom. The van der Waals surface area contributed by atoms with Crippen molar-refractivity contribution < 1.29 is 23.9 Å². The molecule has 0 amide bonds. The first-order valence-corrected chi connectivity index (χ1v) is 9.87. The first-order chi connectivity index (χ1) is 12.5. The number of carbonyl (C=O) groups is 3. The Morgan fingerprint density at radius 2 is 1.81 bits per heavy atom. The van der Waals surface area contributed by atoms with Crippen LogP contribution in [0.2, 0.25) is 0 Å². The van der Waals surface area contributed by atoms with Gasteiger partial charge in [0, 0.05) is 22.5 Å². The highest BCUT2D eigenvalue weighted by atomic mass is 16.6. The van der Waals surface area contributed by atoms with Crippen LogP contribution in [0.15, 0.2) is 23.3 Å². The minimum atomic E-state index is -0.557. The summed E-state index contributed by atoms with van der Waals surface area (Å²) in [5.41, 5.74) is 0.677. The third kappa shape index (κ3) is 1.52. The summed E-state index contributed by atoms with van der Waals surface area (Å²) in [6.45, 7) is 2.86. The van der Waals surface area contributed by atoms with Crippen LogP contribution >= 0.6 is 0 Å². The average molecular weight is 354 g/mol. The lowest BCUT2D eigenvalue weighted by Crippen LogP contribution is -2.59. The molecule has 0 aromatic rings. The molecule has 0 unspecified atom stereocenters. The fourth-order valence-corrected chi connectivity index (χ4v) is 7.51. The van der Waals surface area contributed by atoms with Crippen molar-refractivity contribution in [1.82, 2.24) is 0 Å². The molecule has 26 heavy (non-hydrogen) atoms. The smallest absolute Gasteiger partial charge is 0.310 e. The molecular formula is C21H22O5. The zero-order chi connectivity index (χ0) is 17.8. The van der Waals surface area contributed by atoms with E-state index in [1.54, 1.807) is 0 Å². The van der Waals surface area contributed by atoms with E-state index in [1.165, 1.54) is 12.2 Å². The molecule has 2 aliphatic heterocycles. The highest BCUT2D eigenvalue weighted by Crippen LogP contribution is 2.70. The third-order valence-electron chi connectivity index (χ3n) is 8.33. The summed E-state index contributed by atoms with van der Waals surface area (Å²) >= 11 is 0. The van der Waals surface area contributed by atoms with Crippen LogP contribution in [0.5, 0.6) is 0 Å². The molecule has 2 saturated heterocycles. The number of hydrogen-bond acceptors (Lipinski definition) is 5. The third-order valence-corrected chi connectivity index (χ3v) is 8.33. The van der Waals surface area contributed by atoms with Crippen LogP contribution in [-0.4, -0.2) is 36.4 Å². The largest absolute Gasteiger partial charge is 0.457 e. The second-order valence-corrected chi connectivity index (χ2v) is 9.07. The highest BCUT2D eigenvalue weighted by molar-refractivity contribution is 6.21. The fourth-order valence-electron chi connectivity index (χ4n) is 7.51. The average Bonchev–Trinajstić information content (AvgIpc) is 3.13. The van der Waals surface area contributed by atoms with Crippen LogP contribution in [0.4, 0.5) is 0 Å². The Kier molecular flexibility index (Phi) is 2.80. The van der Waals surface area contributed by atoms with E-state index < -0.39 is 6.10 Å². The van der Waals surface area contributed by atoms with Crippen LogP contribution in [0.1, 0.15) is 32.6 Å². The van der Waals surface area contributed by atoms with Gasteiger partial charge in [-0.2, -0.15) is 0 Å². The number of esters is 1. The summed E-state index contributed by atoms with van der Waals surface area (Å²) in [4.78, 5) is 38.2. The second kappa shape index (κ2) is 4.75. The Labute approximate surface area is 151 Å². The van der Waals surface area contributed by atoms with Crippen LogP contribution < -0.4 is 0 Å². The zero-order valence-corrected chi connectivity index (χ0v) is 14.8. The number of rotatable bonds is 0. The van der Waals surface area contributed by atoms with Gasteiger partial charge in [-0.25, -0.2) is 0 Å². The predicted octanol–water partition coefficient (Wildman–Crippen LogP) is 2.00. The van der Waals surface area contributed by atoms with Crippen molar-refractivity contribution in [2.45, 2.75) is 44.8 Å². The van der Waals surface area contributed by atoms with Gasteiger partial charge < -0.3 is 9.47 Å². The van der Waals surface area contributed by atoms with Crippen molar-refractivity contribution in [1.29, 1.82) is 0 Å². The molecule has 0 aromatic carbocycles. The van der Waals surface area contributed by atoms with Gasteiger partial charge in [0.05, 0.1) is 18.6 Å². The maximum atomic E-state index is 12.9. The SMILES string of the molecule is C[C@H]1CO[C@H]2C3=C(C(=O)C=CC3=O)[C@@H]3OC(=O)[C@H]4CC[C@@H]5[C@H]1CC[C@@]52[C@@H]43. The van der Waals surface area contributed by atoms with E-state index in [2.05, 4.69) is 6.92 Å². The molecule has 136 valence electrons. The topological polar surface area (TPSA) is 69.7 Å². The number of ether oxygens (including phenoxy) is 2. The van der Waals surface area contributed by atoms with Gasteiger partial charge in [0.1, 0.15) is 6.10 Å². The zero-order valence-electron chi connectivity index (χ0n) is 14.8. The summed E-state index contributed by atoms with van der Waals surface area (Å²) in [5, 5.41) is 0. The van der Waals surface area contributed by atoms with Crippen LogP contribution in [0.25, 0.3) is 0 Å². The molecular weight excluding hydrogens is 332 g/mol. The van der Waals surface area contributed by atoms with Gasteiger partial charge in [-0.1, -0.05) is 6.92 Å². The second-order valence-electron chi connectivity index (χ2n) is 9.07. The standard InChI is InChI=1S/C21H22O5/c1-9-8-25-19-16-14(23)5-4-13(22)15(16)18-17-11(20(24)26-18)2-3-12-10(9)6-7-21(12,17)19/h4-5,9-12,17-19H,2-3,6-8H2,1H3/t9-,10-,11-,12+,17-,18-,19-,21-/m0/s1. The Balaban J connectivity index is 1.64. The van der Waals surface area contributed by atoms with Crippen molar-refractivity contribution in [3.63, 3.8) is 0 Å². The first kappa shape index (κ1) is 15.3. The molecule has 2 heterocycles. The number of hydrogen-bond donors (Lipinski definition) is 0. The normalized spacial score (nSPS) is 51.1. The maximum absolute atomic E-state index is 12.9. The number of allylic oxidation sites excluding steroid dienone is 2. The van der Waals surface area contributed by atoms with Gasteiger partial charge in [-0.15, -0.1) is 0 Å². The molecule has 0 aromatic heterocycles. The molecule has 0 radical (unpaired) electrons. The van der Waals surface area contributed by atoms with E-state index in [0.29, 0.717) is 35.5 Å². The van der Waals surface area contributed by atoms with Crippen molar-refractivity contribution in [2.75, 3.05) is 6.61 Å². The van der Waals surface area contributed by atoms with Crippen LogP contribution in [0.3, 0.4) is 0 Å². The van der Waals surface area contributed by atoms with Crippen molar-refractivity contribution in [3.8, 4) is 0 Å². The van der Waals surface area contributed by atoms with E-state index >= 15 is 0 Å². The molecule has 1 spiro atoms. The summed E-state index contributed by atoms with van der Waals surface area (Å²) in [5.74, 6) is 0.775. The van der Waals surface area contributed by atoms with E-state index in [0.717, 1.165) is 25.7 Å². The monoisotopic (exact) mass is 354 g/mol. The Morgan fingerprint density at radius 1 is 1.04 bits per heavy atom. The number of carbonyl (C=O) groups excluding carboxylic acids is 3. The minimum absolute atomic E-state index is 0.0175. The molecule has 2 saturated carbocycles. The van der Waals surface area contributed by atoms with Gasteiger partial charge in [0.15, 0.2) is 11.6 Å². The Bertz CT molecular complexity index is 822. The molecule has 6 rings (SSSR count). The molecule has 0 N–H and O–H groups in total. The highest BCUT2D eigenvalue weighted by Gasteiger charge is 2.72. The van der Waals surface area contributed by atoms with Gasteiger partial charge in [0.25, 0.3) is 0 Å². The van der Waals surface area contributed by atoms with Gasteiger partial charge in [-0.3, -0.25) is 14.4 Å². The lowest BCUT2D eigenvalue weighted by Gasteiger charge is -2.55. The molecule has 4 fully saturated rings. The van der Waals surface area contributed by atoms with E-state index in [9.17, 15) is 14.4 Å². The molecule has 4 aliphatic carbocycles. The van der Waals surface area contributed by atoms with Crippen LogP contribution in [0, 0.1) is 35.0 Å². The molecule has 2 bridgehead atoms. The van der Waals surface area contributed by atoms with Crippen molar-refractivity contribution in [3.05, 3.63) is 23.3 Å². The molecule has 5 nitrogen and oxygen atoms in total. The Hall–Kier alpha value is -1.75. The summed E-state index contributed by atoms with van der Waals surface area (Å²) < 4.78 is 12.2. The quantitative estimate of drug-likeness (QED) is 0.492.